The highest BCUT2D eigenvalue weighted by Crippen LogP contribution is 2.26. The molecular weight excluding hydrogens is 422 g/mol. The lowest BCUT2D eigenvalue weighted by molar-refractivity contribution is -0.695. The van der Waals surface area contributed by atoms with Gasteiger partial charge < -0.3 is 0 Å². The van der Waals surface area contributed by atoms with Gasteiger partial charge in [0.15, 0.2) is 5.69 Å². The third-order valence-corrected chi connectivity index (χ3v) is 5.83. The van der Waals surface area contributed by atoms with Crippen LogP contribution in [-0.4, -0.2) is 4.57 Å². The molecule has 4 rings (SSSR count). The fourth-order valence-corrected chi connectivity index (χ4v) is 4.26. The smallest absolute Gasteiger partial charge is 0.229 e. The number of imidazole rings is 1. The molecule has 1 aromatic heterocycles. The van der Waals surface area contributed by atoms with Gasteiger partial charge in [0.2, 0.25) is 0 Å². The number of aromatic nitrogens is 2. The van der Waals surface area contributed by atoms with Crippen molar-refractivity contribution in [3.8, 4) is 11.3 Å². The van der Waals surface area contributed by atoms with E-state index in [4.69, 9.17) is 34.8 Å². The third-order valence-electron chi connectivity index (χ3n) is 4.99. The van der Waals surface area contributed by atoms with E-state index in [2.05, 4.69) is 27.5 Å². The predicted octanol–water partition coefficient (Wildman–Crippen LogP) is 6.60. The van der Waals surface area contributed by atoms with E-state index in [0.717, 1.165) is 30.1 Å². The first-order valence-electron chi connectivity index (χ1n) is 8.93. The van der Waals surface area contributed by atoms with Crippen LogP contribution in [-0.2, 0) is 19.5 Å². The van der Waals surface area contributed by atoms with Gasteiger partial charge in [-0.2, -0.15) is 0 Å². The van der Waals surface area contributed by atoms with Crippen molar-refractivity contribution in [2.75, 3.05) is 0 Å². The summed E-state index contributed by atoms with van der Waals surface area (Å²) >= 11 is 18.5. The summed E-state index contributed by atoms with van der Waals surface area (Å²) in [6, 6.07) is 13.8. The van der Waals surface area contributed by atoms with E-state index in [9.17, 15) is 0 Å². The molecule has 6 heteroatoms. The minimum absolute atomic E-state index is 0. The summed E-state index contributed by atoms with van der Waals surface area (Å²) < 4.78 is 4.80. The fraction of sp³-hybridized carbons (Fsp3) is 0.286. The summed E-state index contributed by atoms with van der Waals surface area (Å²) in [7, 11) is 0. The minimum atomic E-state index is 0. The number of halogens is 4. The molecule has 1 aliphatic rings. The lowest BCUT2D eigenvalue weighted by Crippen LogP contribution is -2.37. The van der Waals surface area contributed by atoms with Gasteiger partial charge in [-0.1, -0.05) is 40.9 Å². The summed E-state index contributed by atoms with van der Waals surface area (Å²) in [5.74, 6) is 1.36. The van der Waals surface area contributed by atoms with Gasteiger partial charge in [-0.05, 0) is 55.7 Å². The second kappa shape index (κ2) is 8.87. The summed E-state index contributed by atoms with van der Waals surface area (Å²) in [5, 5.41) is 2.14. The van der Waals surface area contributed by atoms with Crippen LogP contribution in [0.3, 0.4) is 0 Å². The first-order chi connectivity index (χ1) is 12.6. The van der Waals surface area contributed by atoms with Gasteiger partial charge in [0, 0.05) is 32.6 Å². The normalized spacial score (nSPS) is 13.6. The van der Waals surface area contributed by atoms with E-state index in [1.54, 1.807) is 0 Å². The van der Waals surface area contributed by atoms with Crippen LogP contribution < -0.4 is 4.57 Å². The molecule has 0 fully saturated rings. The van der Waals surface area contributed by atoms with Crippen molar-refractivity contribution >= 4 is 47.2 Å². The van der Waals surface area contributed by atoms with Gasteiger partial charge in [0.25, 0.3) is 5.82 Å². The van der Waals surface area contributed by atoms with Crippen LogP contribution in [0.2, 0.25) is 15.1 Å². The first-order valence-corrected chi connectivity index (χ1v) is 10.1. The maximum Gasteiger partial charge on any atom is 0.257 e. The van der Waals surface area contributed by atoms with E-state index >= 15 is 0 Å². The highest BCUT2D eigenvalue weighted by molar-refractivity contribution is 6.35. The Morgan fingerprint density at radius 1 is 0.889 bits per heavy atom. The third kappa shape index (κ3) is 4.46. The minimum Gasteiger partial charge on any atom is -0.229 e. The monoisotopic (exact) mass is 441 g/mol. The number of hydrogen-bond acceptors (Lipinski definition) is 0. The quantitative estimate of drug-likeness (QED) is 0.404. The SMILES string of the molecule is Cl.Clc1ccc(-c2c[n+](Cc3ccc(Cl)cc3Cl)c3n2CCCCC3)cc1. The Bertz CT molecular complexity index is 932. The number of nitrogens with zero attached hydrogens (tertiary/aromatic N) is 2. The molecule has 0 amide bonds. The molecule has 2 nitrogen and oxygen atoms in total. The highest BCUT2D eigenvalue weighted by Gasteiger charge is 2.26. The average Bonchev–Trinajstić information content (AvgIpc) is 2.80. The molecule has 27 heavy (non-hydrogen) atoms. The molecule has 0 N–H and O–H groups in total. The van der Waals surface area contributed by atoms with Crippen molar-refractivity contribution in [3.63, 3.8) is 0 Å². The van der Waals surface area contributed by atoms with Gasteiger partial charge in [-0.25, -0.2) is 9.13 Å². The van der Waals surface area contributed by atoms with Crippen LogP contribution in [0, 0.1) is 0 Å². The zero-order chi connectivity index (χ0) is 18.1. The Kier molecular flexibility index (Phi) is 6.75. The molecule has 0 radical (unpaired) electrons. The summed E-state index contributed by atoms with van der Waals surface area (Å²) in [6.07, 6.45) is 7.03. The predicted molar refractivity (Wildman–Crippen MR) is 115 cm³/mol. The van der Waals surface area contributed by atoms with Crippen molar-refractivity contribution in [2.24, 2.45) is 0 Å². The molecule has 0 atom stereocenters. The number of hydrogen-bond donors (Lipinski definition) is 0. The van der Waals surface area contributed by atoms with Crippen molar-refractivity contribution < 1.29 is 4.57 Å². The summed E-state index contributed by atoms with van der Waals surface area (Å²) in [6.45, 7) is 1.80. The number of benzene rings is 2. The largest absolute Gasteiger partial charge is 0.257 e. The van der Waals surface area contributed by atoms with Crippen molar-refractivity contribution in [3.05, 3.63) is 75.1 Å². The van der Waals surface area contributed by atoms with Crippen LogP contribution in [0.5, 0.6) is 0 Å². The maximum absolute atomic E-state index is 6.42. The second-order valence-electron chi connectivity index (χ2n) is 6.76. The number of fused-ring (bicyclic) bond motifs is 1. The highest BCUT2D eigenvalue weighted by atomic mass is 35.5. The number of rotatable bonds is 3. The van der Waals surface area contributed by atoms with Gasteiger partial charge in [0.05, 0.1) is 6.54 Å². The van der Waals surface area contributed by atoms with E-state index < -0.39 is 0 Å². The van der Waals surface area contributed by atoms with Crippen LogP contribution >= 0.6 is 47.2 Å². The van der Waals surface area contributed by atoms with Crippen LogP contribution in [0.1, 0.15) is 30.7 Å². The van der Waals surface area contributed by atoms with Crippen molar-refractivity contribution in [1.82, 2.24) is 4.57 Å². The lowest BCUT2D eigenvalue weighted by Gasteiger charge is -2.05. The summed E-state index contributed by atoms with van der Waals surface area (Å²) in [5.41, 5.74) is 3.52. The van der Waals surface area contributed by atoms with Gasteiger partial charge >= 0.3 is 0 Å². The van der Waals surface area contributed by atoms with Crippen molar-refractivity contribution in [2.45, 2.75) is 38.8 Å². The Balaban J connectivity index is 0.00000210. The van der Waals surface area contributed by atoms with Crippen LogP contribution in [0.15, 0.2) is 48.7 Å². The molecule has 142 valence electrons. The fourth-order valence-electron chi connectivity index (χ4n) is 3.67. The van der Waals surface area contributed by atoms with E-state index in [1.807, 2.05) is 30.3 Å². The zero-order valence-electron chi connectivity index (χ0n) is 14.8. The van der Waals surface area contributed by atoms with E-state index in [1.165, 1.54) is 36.3 Å². The van der Waals surface area contributed by atoms with E-state index in [-0.39, 0.29) is 12.4 Å². The lowest BCUT2D eigenvalue weighted by atomic mass is 10.1. The standard InChI is InChI=1S/C21H20Cl3N2.ClH/c22-17-8-5-15(6-9-17)20-14-25(21-4-2-1-3-11-26(20)21)13-16-7-10-18(23)12-19(16)24;/h5-10,12,14H,1-4,11,13H2;1H/q+1;. The van der Waals surface area contributed by atoms with E-state index in [0.29, 0.717) is 10.0 Å². The average molecular weight is 443 g/mol. The van der Waals surface area contributed by atoms with Gasteiger partial charge in [0.1, 0.15) is 12.7 Å². The van der Waals surface area contributed by atoms with Crippen LogP contribution in [0.4, 0.5) is 0 Å². The van der Waals surface area contributed by atoms with Gasteiger partial charge in [-0.15, -0.1) is 12.4 Å². The van der Waals surface area contributed by atoms with Gasteiger partial charge in [-0.3, -0.25) is 0 Å². The molecule has 0 bridgehead atoms. The molecular formula is C21H21Cl4N2+. The molecule has 0 aliphatic carbocycles. The van der Waals surface area contributed by atoms with Crippen LogP contribution in [0.25, 0.3) is 11.3 Å². The van der Waals surface area contributed by atoms with Crippen molar-refractivity contribution in [1.29, 1.82) is 0 Å². The molecule has 0 spiro atoms. The molecule has 0 unspecified atom stereocenters. The molecule has 1 aliphatic heterocycles. The molecule has 3 aromatic rings. The Hall–Kier alpha value is -1.19. The Morgan fingerprint density at radius 3 is 2.37 bits per heavy atom. The summed E-state index contributed by atoms with van der Waals surface area (Å²) in [4.78, 5) is 0. The molecule has 0 saturated carbocycles. The zero-order valence-corrected chi connectivity index (χ0v) is 17.9. The molecule has 2 heterocycles. The maximum atomic E-state index is 6.42. The second-order valence-corrected chi connectivity index (χ2v) is 8.04. The molecule has 2 aromatic carbocycles. The Morgan fingerprint density at radius 2 is 1.63 bits per heavy atom. The first kappa shape index (κ1) is 20.5. The molecule has 0 saturated heterocycles. The topological polar surface area (TPSA) is 8.81 Å². The Labute approximate surface area is 181 Å².